The summed E-state index contributed by atoms with van der Waals surface area (Å²) in [5, 5.41) is 0. The quantitative estimate of drug-likeness (QED) is 0.0559. The van der Waals surface area contributed by atoms with Gasteiger partial charge in [-0.15, -0.1) is 19.7 Å². The summed E-state index contributed by atoms with van der Waals surface area (Å²) in [6.07, 6.45) is 47.4. The van der Waals surface area contributed by atoms with Gasteiger partial charge in [0.25, 0.3) is 0 Å². The van der Waals surface area contributed by atoms with Crippen LogP contribution in [0, 0.1) is 11.8 Å². The summed E-state index contributed by atoms with van der Waals surface area (Å²) in [4.78, 5) is 0. The highest BCUT2D eigenvalue weighted by Gasteiger charge is 2.23. The lowest BCUT2D eigenvalue weighted by atomic mass is 9.75. The van der Waals surface area contributed by atoms with Gasteiger partial charge in [-0.25, -0.2) is 0 Å². The Morgan fingerprint density at radius 1 is 0.475 bits per heavy atom. The van der Waals surface area contributed by atoms with Crippen LogP contribution in [0.1, 0.15) is 194 Å². The molecule has 234 valence electrons. The fourth-order valence-corrected chi connectivity index (χ4v) is 6.56. The van der Waals surface area contributed by atoms with E-state index < -0.39 is 0 Å². The zero-order valence-corrected chi connectivity index (χ0v) is 27.9. The molecule has 0 bridgehead atoms. The van der Waals surface area contributed by atoms with Gasteiger partial charge in [0.05, 0.1) is 0 Å². The topological polar surface area (TPSA) is 0 Å². The van der Waals surface area contributed by atoms with E-state index in [9.17, 15) is 0 Å². The zero-order chi connectivity index (χ0) is 29.4. The van der Waals surface area contributed by atoms with Crippen molar-refractivity contribution in [2.75, 3.05) is 0 Å². The van der Waals surface area contributed by atoms with Crippen molar-refractivity contribution in [3.63, 3.8) is 0 Å². The van der Waals surface area contributed by atoms with E-state index in [4.69, 9.17) is 0 Å². The minimum atomic E-state index is 0.836. The number of hydrogen-bond acceptors (Lipinski definition) is 0. The third-order valence-electron chi connectivity index (χ3n) is 9.12. The van der Waals surface area contributed by atoms with Gasteiger partial charge in [-0.05, 0) is 89.4 Å². The fraction of sp³-hybridized carbons (Fsp3) is 0.800. The van der Waals surface area contributed by atoms with Crippen molar-refractivity contribution in [2.24, 2.45) is 11.8 Å². The molecule has 0 aromatic carbocycles. The number of rotatable bonds is 33. The minimum absolute atomic E-state index is 0.836. The molecule has 0 aliphatic rings. The Morgan fingerprint density at radius 3 is 1.27 bits per heavy atom. The summed E-state index contributed by atoms with van der Waals surface area (Å²) in [7, 11) is 0. The zero-order valence-electron chi connectivity index (χ0n) is 27.9. The summed E-state index contributed by atoms with van der Waals surface area (Å²) in [5.41, 5.74) is 1.82. The lowest BCUT2D eigenvalue weighted by Crippen LogP contribution is -2.18. The van der Waals surface area contributed by atoms with Crippen LogP contribution in [0.15, 0.2) is 49.6 Å². The maximum Gasteiger partial charge on any atom is -0.0175 e. The van der Waals surface area contributed by atoms with Crippen LogP contribution < -0.4 is 0 Å². The molecule has 0 aromatic heterocycles. The summed E-state index contributed by atoms with van der Waals surface area (Å²) in [6, 6.07) is 0. The Kier molecular flexibility index (Phi) is 31.6. The van der Waals surface area contributed by atoms with Gasteiger partial charge in [-0.2, -0.15) is 0 Å². The van der Waals surface area contributed by atoms with Gasteiger partial charge in [-0.3, -0.25) is 0 Å². The van der Waals surface area contributed by atoms with Gasteiger partial charge in [0.15, 0.2) is 0 Å². The van der Waals surface area contributed by atoms with Crippen molar-refractivity contribution in [2.45, 2.75) is 194 Å². The monoisotopic (exact) mass is 555 g/mol. The number of unbranched alkanes of at least 4 members (excludes halogenated alkanes) is 20. The molecule has 0 saturated heterocycles. The first-order valence-corrected chi connectivity index (χ1v) is 18.2. The molecular weight excluding hydrogens is 480 g/mol. The van der Waals surface area contributed by atoms with Crippen molar-refractivity contribution in [3.8, 4) is 0 Å². The predicted octanol–water partition coefficient (Wildman–Crippen LogP) is 14.7. The average molecular weight is 555 g/mol. The highest BCUT2D eigenvalue weighted by atomic mass is 14.3. The molecule has 2 unspecified atom stereocenters. The van der Waals surface area contributed by atoms with Crippen LogP contribution in [0.5, 0.6) is 0 Å². The van der Waals surface area contributed by atoms with Crippen LogP contribution in [0.25, 0.3) is 0 Å². The lowest BCUT2D eigenvalue weighted by molar-refractivity contribution is 0.283. The third kappa shape index (κ3) is 24.7. The van der Waals surface area contributed by atoms with E-state index in [1.807, 2.05) is 5.57 Å². The van der Waals surface area contributed by atoms with E-state index in [-0.39, 0.29) is 0 Å². The van der Waals surface area contributed by atoms with Crippen LogP contribution in [-0.4, -0.2) is 0 Å². The molecule has 0 rings (SSSR count). The SMILES string of the molecule is C=CCCCCCCCCC(=CC)C(CCCCCCCCC=C)C(CCCCC)CCCCCCCCC=C. The first kappa shape index (κ1) is 39.0. The standard InChI is InChI=1S/C40H74/c1-6-11-15-18-21-24-27-31-34-38(10-5)40(37-33-29-26-23-20-17-13-8-3)39(35-30-14-9-4)36-32-28-25-22-19-16-12-7-2/h6-8,10,39-40H,1-3,9,11-37H2,4-5H3. The van der Waals surface area contributed by atoms with E-state index in [1.54, 1.807) is 0 Å². The van der Waals surface area contributed by atoms with Gasteiger partial charge < -0.3 is 0 Å². The van der Waals surface area contributed by atoms with E-state index in [2.05, 4.69) is 57.9 Å². The smallest absolute Gasteiger partial charge is 0.0175 e. The van der Waals surface area contributed by atoms with Crippen molar-refractivity contribution >= 4 is 0 Å². The second-order valence-corrected chi connectivity index (χ2v) is 12.6. The number of allylic oxidation sites excluding steroid dienone is 5. The second kappa shape index (κ2) is 32.5. The molecule has 0 amide bonds. The Labute approximate surface area is 254 Å². The minimum Gasteiger partial charge on any atom is -0.103 e. The number of hydrogen-bond donors (Lipinski definition) is 0. The molecule has 0 heteroatoms. The van der Waals surface area contributed by atoms with E-state index in [0.717, 1.165) is 11.8 Å². The molecule has 0 aromatic rings. The van der Waals surface area contributed by atoms with E-state index in [1.165, 1.54) is 180 Å². The second-order valence-electron chi connectivity index (χ2n) is 12.6. The Balaban J connectivity index is 4.96. The summed E-state index contributed by atoms with van der Waals surface area (Å²) >= 11 is 0. The van der Waals surface area contributed by atoms with Crippen LogP contribution in [0.3, 0.4) is 0 Å². The van der Waals surface area contributed by atoms with Gasteiger partial charge in [0, 0.05) is 0 Å². The van der Waals surface area contributed by atoms with E-state index in [0.29, 0.717) is 0 Å². The first-order chi connectivity index (χ1) is 19.7. The molecule has 2 atom stereocenters. The normalized spacial score (nSPS) is 13.3. The molecule has 0 N–H and O–H groups in total. The molecule has 0 nitrogen and oxygen atoms in total. The molecule has 0 aliphatic carbocycles. The van der Waals surface area contributed by atoms with Gasteiger partial charge >= 0.3 is 0 Å². The molecule has 0 aliphatic heterocycles. The van der Waals surface area contributed by atoms with Crippen molar-refractivity contribution in [1.82, 2.24) is 0 Å². The molecule has 0 spiro atoms. The Hall–Kier alpha value is -1.04. The van der Waals surface area contributed by atoms with Crippen molar-refractivity contribution in [1.29, 1.82) is 0 Å². The molecule has 0 saturated carbocycles. The van der Waals surface area contributed by atoms with Gasteiger partial charge in [0.2, 0.25) is 0 Å². The average Bonchev–Trinajstić information content (AvgIpc) is 2.97. The highest BCUT2D eigenvalue weighted by Crippen LogP contribution is 2.37. The highest BCUT2D eigenvalue weighted by molar-refractivity contribution is 5.07. The molecule has 0 radical (unpaired) electrons. The molecular formula is C40H74. The van der Waals surface area contributed by atoms with Crippen LogP contribution in [0.2, 0.25) is 0 Å². The fourth-order valence-electron chi connectivity index (χ4n) is 6.56. The third-order valence-corrected chi connectivity index (χ3v) is 9.12. The van der Waals surface area contributed by atoms with Crippen LogP contribution in [-0.2, 0) is 0 Å². The summed E-state index contributed by atoms with van der Waals surface area (Å²) < 4.78 is 0. The maximum atomic E-state index is 3.88. The predicted molar refractivity (Wildman–Crippen MR) is 186 cm³/mol. The Morgan fingerprint density at radius 2 is 0.850 bits per heavy atom. The van der Waals surface area contributed by atoms with Gasteiger partial charge in [0.1, 0.15) is 0 Å². The maximum absolute atomic E-state index is 3.88. The Bertz CT molecular complexity index is 567. The lowest BCUT2D eigenvalue weighted by Gasteiger charge is -2.30. The first-order valence-electron chi connectivity index (χ1n) is 18.2. The molecule has 40 heavy (non-hydrogen) atoms. The van der Waals surface area contributed by atoms with E-state index >= 15 is 0 Å². The largest absolute Gasteiger partial charge is 0.103 e. The van der Waals surface area contributed by atoms with Crippen LogP contribution >= 0.6 is 0 Å². The summed E-state index contributed by atoms with van der Waals surface area (Å²) in [6.45, 7) is 16.3. The van der Waals surface area contributed by atoms with Gasteiger partial charge in [-0.1, -0.05) is 146 Å². The molecule has 0 fully saturated rings. The summed E-state index contributed by atoms with van der Waals surface area (Å²) in [5.74, 6) is 1.74. The van der Waals surface area contributed by atoms with Crippen molar-refractivity contribution < 1.29 is 0 Å². The van der Waals surface area contributed by atoms with Crippen molar-refractivity contribution in [3.05, 3.63) is 49.6 Å². The molecule has 0 heterocycles. The van der Waals surface area contributed by atoms with Crippen LogP contribution in [0.4, 0.5) is 0 Å².